The average molecular weight is 306 g/mol. The lowest BCUT2D eigenvalue weighted by Crippen LogP contribution is -2.34. The molecular formula is C17H20F2N2O. The van der Waals surface area contributed by atoms with Crippen LogP contribution in [0.3, 0.4) is 0 Å². The molecule has 0 bridgehead atoms. The van der Waals surface area contributed by atoms with Crippen molar-refractivity contribution in [2.45, 2.75) is 37.6 Å². The van der Waals surface area contributed by atoms with Gasteiger partial charge in [-0.25, -0.2) is 8.78 Å². The lowest BCUT2D eigenvalue weighted by molar-refractivity contribution is -0.123. The van der Waals surface area contributed by atoms with Crippen molar-refractivity contribution >= 4 is 5.91 Å². The number of carbonyl (C=O) groups is 1. The molecule has 118 valence electrons. The maximum atomic E-state index is 13.7. The van der Waals surface area contributed by atoms with Crippen LogP contribution in [0.4, 0.5) is 8.78 Å². The summed E-state index contributed by atoms with van der Waals surface area (Å²) < 4.78 is 27.5. The second-order valence-electron chi connectivity index (χ2n) is 6.96. The summed E-state index contributed by atoms with van der Waals surface area (Å²) in [5.74, 6) is -1.06. The van der Waals surface area contributed by atoms with Gasteiger partial charge in [0.2, 0.25) is 5.91 Å². The number of piperidine rings is 1. The maximum absolute atomic E-state index is 13.7. The topological polar surface area (TPSA) is 41.1 Å². The van der Waals surface area contributed by atoms with Crippen molar-refractivity contribution < 1.29 is 13.6 Å². The van der Waals surface area contributed by atoms with Crippen LogP contribution in [0.5, 0.6) is 0 Å². The predicted molar refractivity (Wildman–Crippen MR) is 78.3 cm³/mol. The van der Waals surface area contributed by atoms with Gasteiger partial charge in [-0.15, -0.1) is 0 Å². The molecule has 1 spiro atoms. The molecule has 3 aliphatic rings. The zero-order valence-corrected chi connectivity index (χ0v) is 12.4. The maximum Gasteiger partial charge on any atom is 0.223 e. The zero-order chi connectivity index (χ0) is 15.3. The molecule has 0 radical (unpaired) electrons. The van der Waals surface area contributed by atoms with Crippen LogP contribution in [0.25, 0.3) is 0 Å². The molecule has 3 atom stereocenters. The SMILES string of the molecule is O=C(NC1CC1c1c(F)cccc1F)C1CC12CCNCC2. The van der Waals surface area contributed by atoms with Crippen molar-refractivity contribution in [2.24, 2.45) is 11.3 Å². The lowest BCUT2D eigenvalue weighted by atomic mass is 9.92. The Hall–Kier alpha value is -1.49. The molecule has 3 fully saturated rings. The molecule has 1 saturated heterocycles. The fourth-order valence-electron chi connectivity index (χ4n) is 4.02. The van der Waals surface area contributed by atoms with E-state index in [4.69, 9.17) is 0 Å². The van der Waals surface area contributed by atoms with Crippen molar-refractivity contribution in [2.75, 3.05) is 13.1 Å². The van der Waals surface area contributed by atoms with Gasteiger partial charge in [-0.1, -0.05) is 6.07 Å². The van der Waals surface area contributed by atoms with Gasteiger partial charge in [0, 0.05) is 23.4 Å². The van der Waals surface area contributed by atoms with Crippen molar-refractivity contribution in [1.82, 2.24) is 10.6 Å². The monoisotopic (exact) mass is 306 g/mol. The van der Waals surface area contributed by atoms with Gasteiger partial charge in [-0.05, 0) is 56.3 Å². The Morgan fingerprint density at radius 2 is 1.91 bits per heavy atom. The zero-order valence-electron chi connectivity index (χ0n) is 12.4. The summed E-state index contributed by atoms with van der Waals surface area (Å²) in [5, 5.41) is 6.32. The van der Waals surface area contributed by atoms with Crippen molar-refractivity contribution in [3.05, 3.63) is 35.4 Å². The number of nitrogens with one attached hydrogen (secondary N) is 2. The Morgan fingerprint density at radius 3 is 2.59 bits per heavy atom. The van der Waals surface area contributed by atoms with Crippen molar-refractivity contribution in [3.8, 4) is 0 Å². The summed E-state index contributed by atoms with van der Waals surface area (Å²) in [6, 6.07) is 3.81. The van der Waals surface area contributed by atoms with Crippen molar-refractivity contribution in [3.63, 3.8) is 0 Å². The summed E-state index contributed by atoms with van der Waals surface area (Å²) in [6.45, 7) is 1.96. The summed E-state index contributed by atoms with van der Waals surface area (Å²) in [4.78, 5) is 12.4. The predicted octanol–water partition coefficient (Wildman–Crippen LogP) is 2.33. The van der Waals surface area contributed by atoms with Crippen LogP contribution in [0, 0.1) is 23.0 Å². The smallest absolute Gasteiger partial charge is 0.223 e. The average Bonchev–Trinajstić information content (AvgIpc) is 3.38. The highest BCUT2D eigenvalue weighted by atomic mass is 19.1. The quantitative estimate of drug-likeness (QED) is 0.900. The highest BCUT2D eigenvalue weighted by Crippen LogP contribution is 2.59. The number of hydrogen-bond donors (Lipinski definition) is 2. The number of hydrogen-bond acceptors (Lipinski definition) is 2. The second kappa shape index (κ2) is 5.01. The summed E-state index contributed by atoms with van der Waals surface area (Å²) in [7, 11) is 0. The Kier molecular flexibility index (Phi) is 3.22. The molecule has 1 aromatic rings. The number of carbonyl (C=O) groups excluding carboxylic acids is 1. The minimum atomic E-state index is -0.511. The van der Waals surface area contributed by atoms with Crippen molar-refractivity contribution in [1.29, 1.82) is 0 Å². The van der Waals surface area contributed by atoms with E-state index < -0.39 is 11.6 Å². The van der Waals surface area contributed by atoms with Gasteiger partial charge in [0.1, 0.15) is 11.6 Å². The molecular weight excluding hydrogens is 286 g/mol. The Morgan fingerprint density at radius 1 is 1.23 bits per heavy atom. The highest BCUT2D eigenvalue weighted by molar-refractivity contribution is 5.83. The van der Waals surface area contributed by atoms with Gasteiger partial charge in [0.25, 0.3) is 0 Å². The second-order valence-corrected chi connectivity index (χ2v) is 6.96. The fraction of sp³-hybridized carbons (Fsp3) is 0.588. The first-order chi connectivity index (χ1) is 10.6. The third-order valence-electron chi connectivity index (χ3n) is 5.59. The first-order valence-electron chi connectivity index (χ1n) is 8.06. The van der Waals surface area contributed by atoms with Gasteiger partial charge in [-0.2, -0.15) is 0 Å². The normalized spacial score (nSPS) is 31.8. The molecule has 2 N–H and O–H groups in total. The fourth-order valence-corrected chi connectivity index (χ4v) is 4.02. The van der Waals surface area contributed by atoms with Crippen LogP contribution in [0.2, 0.25) is 0 Å². The number of benzene rings is 1. The van der Waals surface area contributed by atoms with E-state index in [2.05, 4.69) is 10.6 Å². The van der Waals surface area contributed by atoms with Crippen LogP contribution < -0.4 is 10.6 Å². The Bertz CT molecular complexity index is 592. The molecule has 1 amide bonds. The van der Waals surface area contributed by atoms with E-state index in [1.54, 1.807) is 0 Å². The van der Waals surface area contributed by atoms with E-state index in [1.165, 1.54) is 18.2 Å². The van der Waals surface area contributed by atoms with Gasteiger partial charge in [-0.3, -0.25) is 4.79 Å². The van der Waals surface area contributed by atoms with E-state index in [0.29, 0.717) is 6.42 Å². The molecule has 3 nitrogen and oxygen atoms in total. The van der Waals surface area contributed by atoms with Crippen LogP contribution >= 0.6 is 0 Å². The molecule has 4 rings (SSSR count). The lowest BCUT2D eigenvalue weighted by Gasteiger charge is -2.23. The van der Waals surface area contributed by atoms with Crippen LogP contribution in [0.15, 0.2) is 18.2 Å². The van der Waals surface area contributed by atoms with E-state index in [-0.39, 0.29) is 34.8 Å². The first kappa shape index (κ1) is 14.1. The van der Waals surface area contributed by atoms with E-state index >= 15 is 0 Å². The van der Waals surface area contributed by atoms with Gasteiger partial charge in [0.05, 0.1) is 0 Å². The van der Waals surface area contributed by atoms with E-state index in [0.717, 1.165) is 32.4 Å². The molecule has 1 aliphatic heterocycles. The molecule has 22 heavy (non-hydrogen) atoms. The molecule has 3 unspecified atom stereocenters. The molecule has 0 aromatic heterocycles. The summed E-state index contributed by atoms with van der Waals surface area (Å²) >= 11 is 0. The van der Waals surface area contributed by atoms with Crippen LogP contribution in [-0.2, 0) is 4.79 Å². The first-order valence-corrected chi connectivity index (χ1v) is 8.06. The van der Waals surface area contributed by atoms with Crippen LogP contribution in [0.1, 0.15) is 37.2 Å². The highest BCUT2D eigenvalue weighted by Gasteiger charge is 2.58. The number of halogens is 2. The molecule has 5 heteroatoms. The van der Waals surface area contributed by atoms with Gasteiger partial charge >= 0.3 is 0 Å². The Balaban J connectivity index is 1.37. The minimum absolute atomic E-state index is 0.0751. The summed E-state index contributed by atoms with van der Waals surface area (Å²) in [5.41, 5.74) is 0.323. The standard InChI is InChI=1S/C17H20F2N2O/c18-12-2-1-3-13(19)15(12)10-8-14(10)21-16(22)11-9-17(11)4-6-20-7-5-17/h1-3,10-11,14,20H,4-9H2,(H,21,22). The van der Waals surface area contributed by atoms with Gasteiger partial charge in [0.15, 0.2) is 0 Å². The largest absolute Gasteiger partial charge is 0.352 e. The Labute approximate surface area is 128 Å². The number of rotatable bonds is 3. The molecule has 2 saturated carbocycles. The minimum Gasteiger partial charge on any atom is -0.352 e. The molecule has 1 aromatic carbocycles. The van der Waals surface area contributed by atoms with Crippen LogP contribution in [-0.4, -0.2) is 25.0 Å². The third-order valence-corrected chi connectivity index (χ3v) is 5.59. The summed E-state index contributed by atoms with van der Waals surface area (Å²) in [6.07, 6.45) is 3.71. The van der Waals surface area contributed by atoms with Gasteiger partial charge < -0.3 is 10.6 Å². The molecule has 2 aliphatic carbocycles. The number of amides is 1. The third kappa shape index (κ3) is 2.32. The molecule has 1 heterocycles. The van der Waals surface area contributed by atoms with E-state index in [9.17, 15) is 13.6 Å². The van der Waals surface area contributed by atoms with E-state index in [1.807, 2.05) is 0 Å².